The van der Waals surface area contributed by atoms with Crippen molar-refractivity contribution in [3.05, 3.63) is 39.4 Å². The fourth-order valence-corrected chi connectivity index (χ4v) is 2.61. The number of benzene rings is 1. The highest BCUT2D eigenvalue weighted by atomic mass is 35.5. The van der Waals surface area contributed by atoms with E-state index >= 15 is 0 Å². The number of hydrogen-bond donors (Lipinski definition) is 0. The van der Waals surface area contributed by atoms with Crippen molar-refractivity contribution >= 4 is 23.2 Å². The number of rotatable bonds is 7. The molecule has 0 fully saturated rings. The minimum absolute atomic E-state index is 0.0259. The summed E-state index contributed by atoms with van der Waals surface area (Å²) < 4.78 is 0. The van der Waals surface area contributed by atoms with Gasteiger partial charge in [0.1, 0.15) is 0 Å². The Bertz CT molecular complexity index is 516. The molecule has 0 aliphatic heterocycles. The summed E-state index contributed by atoms with van der Waals surface area (Å²) in [5.74, 6) is 0.246. The summed E-state index contributed by atoms with van der Waals surface area (Å²) in [5, 5.41) is 10.8. The van der Waals surface area contributed by atoms with Gasteiger partial charge >= 0.3 is 0 Å². The predicted molar refractivity (Wildman–Crippen MR) is 84.0 cm³/mol. The molecule has 116 valence electrons. The summed E-state index contributed by atoms with van der Waals surface area (Å²) in [4.78, 5) is 24.8. The summed E-state index contributed by atoms with van der Waals surface area (Å²) in [6.07, 6.45) is 1.70. The molecule has 0 aliphatic carbocycles. The molecule has 0 N–H and O–H groups in total. The first kappa shape index (κ1) is 17.4. The molecule has 1 rings (SSSR count). The Morgan fingerprint density at radius 2 is 2.00 bits per heavy atom. The molecule has 0 saturated carbocycles. The van der Waals surface area contributed by atoms with E-state index in [4.69, 9.17) is 11.6 Å². The molecule has 1 amide bonds. The van der Waals surface area contributed by atoms with Gasteiger partial charge in [-0.25, -0.2) is 0 Å². The molecule has 0 bridgehead atoms. The quantitative estimate of drug-likeness (QED) is 0.437. The second-order valence-corrected chi connectivity index (χ2v) is 5.29. The lowest BCUT2D eigenvalue weighted by Crippen LogP contribution is -2.41. The maximum Gasteiger partial charge on any atom is 0.272 e. The number of nitrogens with zero attached hydrogens (tertiary/aromatic N) is 2. The number of carbonyl (C=O) groups excluding carboxylic acids is 1. The average Bonchev–Trinajstić information content (AvgIpc) is 2.46. The second-order valence-electron chi connectivity index (χ2n) is 4.92. The molecule has 1 aromatic rings. The maximum atomic E-state index is 12.6. The summed E-state index contributed by atoms with van der Waals surface area (Å²) >= 11 is 5.80. The molecule has 0 unspecified atom stereocenters. The summed E-state index contributed by atoms with van der Waals surface area (Å²) in [6.45, 7) is 6.17. The van der Waals surface area contributed by atoms with Gasteiger partial charge in [-0.1, -0.05) is 13.8 Å². The fraction of sp³-hybridized carbons (Fsp3) is 0.533. The molecule has 5 nitrogen and oxygen atoms in total. The van der Waals surface area contributed by atoms with Crippen molar-refractivity contribution < 1.29 is 9.72 Å². The smallest absolute Gasteiger partial charge is 0.272 e. The number of aryl methyl sites for hydroxylation is 1. The molecular formula is C15H21ClN2O3. The minimum atomic E-state index is -0.443. The van der Waals surface area contributed by atoms with E-state index in [9.17, 15) is 14.9 Å². The van der Waals surface area contributed by atoms with Crippen molar-refractivity contribution in [1.82, 2.24) is 4.90 Å². The number of amides is 1. The van der Waals surface area contributed by atoms with Crippen LogP contribution in [0, 0.1) is 17.0 Å². The fourth-order valence-electron chi connectivity index (χ4n) is 2.43. The number of alkyl halides is 1. The zero-order valence-corrected chi connectivity index (χ0v) is 13.4. The lowest BCUT2D eigenvalue weighted by molar-refractivity contribution is -0.385. The topological polar surface area (TPSA) is 63.5 Å². The Morgan fingerprint density at radius 3 is 2.43 bits per heavy atom. The van der Waals surface area contributed by atoms with E-state index in [-0.39, 0.29) is 17.6 Å². The molecule has 0 saturated heterocycles. The van der Waals surface area contributed by atoms with Crippen LogP contribution in [0.3, 0.4) is 0 Å². The summed E-state index contributed by atoms with van der Waals surface area (Å²) in [6, 6.07) is 4.60. The van der Waals surface area contributed by atoms with Crippen molar-refractivity contribution in [2.75, 3.05) is 12.4 Å². The van der Waals surface area contributed by atoms with E-state index in [1.54, 1.807) is 17.9 Å². The lowest BCUT2D eigenvalue weighted by atomic mass is 10.1. The van der Waals surface area contributed by atoms with Gasteiger partial charge in [-0.2, -0.15) is 0 Å². The zero-order valence-electron chi connectivity index (χ0n) is 12.6. The Kier molecular flexibility index (Phi) is 6.62. The number of halogens is 1. The Balaban J connectivity index is 3.09. The van der Waals surface area contributed by atoms with E-state index in [0.29, 0.717) is 23.6 Å². The largest absolute Gasteiger partial charge is 0.334 e. The van der Waals surface area contributed by atoms with Crippen LogP contribution in [0.5, 0.6) is 0 Å². The van der Waals surface area contributed by atoms with Crippen LogP contribution in [0.25, 0.3) is 0 Å². The standard InChI is InChI=1S/C15H21ClN2O3/c1-4-13(5-2)17(9-8-16)15(19)12-6-7-14(18(20)21)11(3)10-12/h6-7,10,13H,4-5,8-9H2,1-3H3. The van der Waals surface area contributed by atoms with Crippen LogP contribution in [-0.4, -0.2) is 34.2 Å². The van der Waals surface area contributed by atoms with E-state index in [1.165, 1.54) is 12.1 Å². The zero-order chi connectivity index (χ0) is 16.0. The summed E-state index contributed by atoms with van der Waals surface area (Å²) in [7, 11) is 0. The van der Waals surface area contributed by atoms with Crippen molar-refractivity contribution in [2.45, 2.75) is 39.7 Å². The van der Waals surface area contributed by atoms with Crippen LogP contribution in [0.15, 0.2) is 18.2 Å². The molecule has 0 aromatic heterocycles. The maximum absolute atomic E-state index is 12.6. The first-order valence-corrected chi connectivity index (χ1v) is 7.61. The molecule has 0 aliphatic rings. The number of nitro groups is 1. The van der Waals surface area contributed by atoms with Gasteiger partial charge in [0.05, 0.1) is 4.92 Å². The lowest BCUT2D eigenvalue weighted by Gasteiger charge is -2.30. The van der Waals surface area contributed by atoms with Gasteiger partial charge in [0.15, 0.2) is 0 Å². The van der Waals surface area contributed by atoms with E-state index in [1.807, 2.05) is 13.8 Å². The van der Waals surface area contributed by atoms with Crippen molar-refractivity contribution in [3.63, 3.8) is 0 Å². The van der Waals surface area contributed by atoms with Gasteiger partial charge in [0.2, 0.25) is 0 Å². The van der Waals surface area contributed by atoms with Crippen LogP contribution < -0.4 is 0 Å². The van der Waals surface area contributed by atoms with Crippen LogP contribution in [-0.2, 0) is 0 Å². The third kappa shape index (κ3) is 4.17. The number of carbonyl (C=O) groups is 1. The molecule has 6 heteroatoms. The Morgan fingerprint density at radius 1 is 1.38 bits per heavy atom. The third-order valence-corrected chi connectivity index (χ3v) is 3.78. The van der Waals surface area contributed by atoms with Crippen LogP contribution >= 0.6 is 11.6 Å². The molecule has 21 heavy (non-hydrogen) atoms. The van der Waals surface area contributed by atoms with Crippen molar-refractivity contribution in [3.8, 4) is 0 Å². The average molecular weight is 313 g/mol. The van der Waals surface area contributed by atoms with Crippen LogP contribution in [0.2, 0.25) is 0 Å². The molecule has 0 radical (unpaired) electrons. The number of hydrogen-bond acceptors (Lipinski definition) is 3. The van der Waals surface area contributed by atoms with Crippen molar-refractivity contribution in [2.24, 2.45) is 0 Å². The Labute approximate surface area is 130 Å². The predicted octanol–water partition coefficient (Wildman–Crippen LogP) is 3.77. The molecular weight excluding hydrogens is 292 g/mol. The molecule has 0 heterocycles. The van der Waals surface area contributed by atoms with Gasteiger partial charge in [0, 0.05) is 35.7 Å². The highest BCUT2D eigenvalue weighted by Gasteiger charge is 2.23. The highest BCUT2D eigenvalue weighted by molar-refractivity contribution is 6.18. The van der Waals surface area contributed by atoms with E-state index < -0.39 is 4.92 Å². The third-order valence-electron chi connectivity index (χ3n) is 3.61. The normalized spacial score (nSPS) is 10.7. The molecule has 1 aromatic carbocycles. The monoisotopic (exact) mass is 312 g/mol. The van der Waals surface area contributed by atoms with Gasteiger partial charge < -0.3 is 4.90 Å². The van der Waals surface area contributed by atoms with Crippen LogP contribution in [0.4, 0.5) is 5.69 Å². The van der Waals surface area contributed by atoms with Gasteiger partial charge in [-0.15, -0.1) is 11.6 Å². The summed E-state index contributed by atoms with van der Waals surface area (Å²) in [5.41, 5.74) is 0.981. The first-order chi connectivity index (χ1) is 9.96. The highest BCUT2D eigenvalue weighted by Crippen LogP contribution is 2.21. The number of nitro benzene ring substituents is 1. The molecule has 0 spiro atoms. The van der Waals surface area contributed by atoms with Gasteiger partial charge in [-0.05, 0) is 31.9 Å². The van der Waals surface area contributed by atoms with Gasteiger partial charge in [0.25, 0.3) is 11.6 Å². The molecule has 0 atom stereocenters. The van der Waals surface area contributed by atoms with Crippen molar-refractivity contribution in [1.29, 1.82) is 0 Å². The SMILES string of the molecule is CCC(CC)N(CCCl)C(=O)c1ccc([N+](=O)[O-])c(C)c1. The first-order valence-electron chi connectivity index (χ1n) is 7.08. The van der Waals surface area contributed by atoms with Gasteiger partial charge in [-0.3, -0.25) is 14.9 Å². The minimum Gasteiger partial charge on any atom is -0.334 e. The second kappa shape index (κ2) is 7.98. The van der Waals surface area contributed by atoms with E-state index in [2.05, 4.69) is 0 Å². The Hall–Kier alpha value is -1.62. The van der Waals surface area contributed by atoms with Crippen LogP contribution in [0.1, 0.15) is 42.6 Å². The van der Waals surface area contributed by atoms with E-state index in [0.717, 1.165) is 12.8 Å².